The fourth-order valence-electron chi connectivity index (χ4n) is 7.24. The van der Waals surface area contributed by atoms with Crippen molar-refractivity contribution >= 4 is 39.9 Å². The van der Waals surface area contributed by atoms with Gasteiger partial charge in [0.05, 0.1) is 5.54 Å². The van der Waals surface area contributed by atoms with Gasteiger partial charge in [-0.2, -0.15) is 0 Å². The Morgan fingerprint density at radius 3 is 2.16 bits per heavy atom. The summed E-state index contributed by atoms with van der Waals surface area (Å²) in [5.74, 6) is -0.0820. The summed E-state index contributed by atoms with van der Waals surface area (Å²) in [6.07, 6.45) is 4.10. The quantitative estimate of drug-likeness (QED) is 0.148. The number of piperazine rings is 1. The molecule has 1 saturated carbocycles. The number of hydrogen-bond acceptors (Lipinski definition) is 5. The van der Waals surface area contributed by atoms with E-state index in [2.05, 4.69) is 43.5 Å². The predicted molar refractivity (Wildman–Crippen MR) is 190 cm³/mol. The molecule has 0 unspecified atom stereocenters. The molecule has 6 nitrogen and oxygen atoms in total. The van der Waals surface area contributed by atoms with E-state index >= 15 is 0 Å². The van der Waals surface area contributed by atoms with Crippen LogP contribution in [0.3, 0.4) is 0 Å². The molecule has 6 rings (SSSR count). The number of ether oxygens (including phenoxy) is 1. The maximum atomic E-state index is 12.9. The largest absolute Gasteiger partial charge is 0.573 e. The number of nitrogens with two attached hydrogens (primary N) is 1. The van der Waals surface area contributed by atoms with Crippen LogP contribution in [0.25, 0.3) is 22.0 Å². The van der Waals surface area contributed by atoms with Crippen molar-refractivity contribution in [2.75, 3.05) is 26.2 Å². The summed E-state index contributed by atoms with van der Waals surface area (Å²) in [5, 5.41) is 2.41. The van der Waals surface area contributed by atoms with Crippen molar-refractivity contribution in [3.8, 4) is 16.9 Å². The van der Waals surface area contributed by atoms with E-state index in [4.69, 9.17) is 28.9 Å². The van der Waals surface area contributed by atoms with Gasteiger partial charge in [0, 0.05) is 90.5 Å². The van der Waals surface area contributed by atoms with Crippen LogP contribution in [0, 0.1) is 0 Å². The number of ketones is 1. The SMILES string of the molecule is NC1(C(=O)CCCCn2cc(-c3ccc(OC(F)(F)F)cc3)c3cc(CN4CCN(Cc5c(Cl)cccc5Cl)CC4)ccc32)CCCCC1. The van der Waals surface area contributed by atoms with Gasteiger partial charge in [-0.15, -0.1) is 13.2 Å². The highest BCUT2D eigenvalue weighted by atomic mass is 35.5. The van der Waals surface area contributed by atoms with Crippen molar-refractivity contribution in [1.29, 1.82) is 0 Å². The Morgan fingerprint density at radius 1 is 0.857 bits per heavy atom. The second-order valence-corrected chi connectivity index (χ2v) is 14.3. The molecule has 2 heterocycles. The molecule has 2 aliphatic rings. The fourth-order valence-corrected chi connectivity index (χ4v) is 7.76. The Labute approximate surface area is 295 Å². The molecule has 0 amide bonds. The minimum atomic E-state index is -4.75. The molecule has 0 spiro atoms. The van der Waals surface area contributed by atoms with Crippen LogP contribution in [0.5, 0.6) is 5.75 Å². The smallest absolute Gasteiger partial charge is 0.406 e. The molecule has 2 N–H and O–H groups in total. The number of alkyl halides is 3. The van der Waals surface area contributed by atoms with Gasteiger partial charge in [-0.05, 0) is 73.2 Å². The average molecular weight is 716 g/mol. The number of Topliss-reactive ketones (excluding diaryl/α,β-unsaturated/α-hetero) is 1. The van der Waals surface area contributed by atoms with Gasteiger partial charge in [-0.25, -0.2) is 0 Å². The number of hydrogen-bond donors (Lipinski definition) is 1. The normalized spacial score (nSPS) is 17.4. The van der Waals surface area contributed by atoms with E-state index in [0.29, 0.717) is 29.6 Å². The highest BCUT2D eigenvalue weighted by Gasteiger charge is 2.34. The molecule has 49 heavy (non-hydrogen) atoms. The molecule has 11 heteroatoms. The van der Waals surface area contributed by atoms with Gasteiger partial charge in [0.25, 0.3) is 0 Å². The van der Waals surface area contributed by atoms with Crippen molar-refractivity contribution in [2.45, 2.75) is 82.9 Å². The van der Waals surface area contributed by atoms with Crippen LogP contribution in [-0.4, -0.2) is 58.2 Å². The number of aryl methyl sites for hydroxylation is 1. The van der Waals surface area contributed by atoms with Crippen LogP contribution >= 0.6 is 23.2 Å². The highest BCUT2D eigenvalue weighted by Crippen LogP contribution is 2.35. The van der Waals surface area contributed by atoms with E-state index in [0.717, 1.165) is 111 Å². The minimum Gasteiger partial charge on any atom is -0.406 e. The van der Waals surface area contributed by atoms with Crippen molar-refractivity contribution in [1.82, 2.24) is 14.4 Å². The fraction of sp³-hybridized carbons (Fsp3) is 0.447. The second-order valence-electron chi connectivity index (χ2n) is 13.5. The number of aromatic nitrogens is 1. The van der Waals surface area contributed by atoms with E-state index in [1.54, 1.807) is 12.1 Å². The number of unbranched alkanes of at least 4 members (excludes halogenated alkanes) is 1. The Balaban J connectivity index is 1.15. The van der Waals surface area contributed by atoms with Crippen LogP contribution < -0.4 is 10.5 Å². The van der Waals surface area contributed by atoms with Crippen LogP contribution in [0.2, 0.25) is 10.0 Å². The summed E-state index contributed by atoms with van der Waals surface area (Å²) in [7, 11) is 0. The van der Waals surface area contributed by atoms with Gasteiger partial charge < -0.3 is 15.0 Å². The number of carbonyl (C=O) groups is 1. The molecule has 0 bridgehead atoms. The zero-order valence-electron chi connectivity index (χ0n) is 27.6. The van der Waals surface area contributed by atoms with Crippen molar-refractivity contribution < 1.29 is 22.7 Å². The molecule has 1 aromatic heterocycles. The first-order valence-corrected chi connectivity index (χ1v) is 17.9. The summed E-state index contributed by atoms with van der Waals surface area (Å²) < 4.78 is 44.8. The Morgan fingerprint density at radius 2 is 1.51 bits per heavy atom. The molecule has 0 atom stereocenters. The Hall–Kier alpha value is -3.08. The number of fused-ring (bicyclic) bond motifs is 1. The molecule has 1 aliphatic carbocycles. The van der Waals surface area contributed by atoms with Gasteiger partial charge in [0.15, 0.2) is 5.78 Å². The third kappa shape index (κ3) is 8.99. The third-order valence-corrected chi connectivity index (χ3v) is 10.7. The van der Waals surface area contributed by atoms with Gasteiger partial charge in [0.1, 0.15) is 5.75 Å². The standard InChI is InChI=1S/C38H43Cl2F3N4O2/c39-33-7-6-8-34(40)32(33)25-46-21-19-45(20-22-46)24-27-10-15-35-30(23-27)31(28-11-13-29(14-12-28)49-38(41,42)43)26-47(35)18-5-2-9-36(48)37(44)16-3-1-4-17-37/h6-8,10-15,23,26H,1-5,9,16-22,24-25,44H2. The number of carbonyl (C=O) groups excluding carboxylic acids is 1. The maximum Gasteiger partial charge on any atom is 0.573 e. The summed E-state index contributed by atoms with van der Waals surface area (Å²) in [6, 6.07) is 18.1. The summed E-state index contributed by atoms with van der Waals surface area (Å²) in [5.41, 5.74) is 10.7. The third-order valence-electron chi connectivity index (χ3n) is 10.0. The second kappa shape index (κ2) is 15.4. The molecular formula is C38H43Cl2F3N4O2. The molecular weight excluding hydrogens is 672 g/mol. The summed E-state index contributed by atoms with van der Waals surface area (Å²) in [4.78, 5) is 17.7. The van der Waals surface area contributed by atoms with Gasteiger partial charge in [-0.1, -0.05) is 66.7 Å². The predicted octanol–water partition coefficient (Wildman–Crippen LogP) is 9.23. The number of rotatable bonds is 12. The van der Waals surface area contributed by atoms with Crippen molar-refractivity contribution in [3.63, 3.8) is 0 Å². The molecule has 1 aliphatic heterocycles. The van der Waals surface area contributed by atoms with Crippen LogP contribution in [0.4, 0.5) is 13.2 Å². The van der Waals surface area contributed by atoms with E-state index in [-0.39, 0.29) is 11.5 Å². The van der Waals surface area contributed by atoms with Gasteiger partial charge >= 0.3 is 6.36 Å². The van der Waals surface area contributed by atoms with Crippen molar-refractivity contribution in [2.24, 2.45) is 5.73 Å². The Bertz CT molecular complexity index is 1720. The van der Waals surface area contributed by atoms with Crippen LogP contribution in [0.15, 0.2) is 66.9 Å². The topological polar surface area (TPSA) is 63.7 Å². The summed E-state index contributed by atoms with van der Waals surface area (Å²) in [6.45, 7) is 5.80. The monoisotopic (exact) mass is 714 g/mol. The summed E-state index contributed by atoms with van der Waals surface area (Å²) >= 11 is 12.8. The average Bonchev–Trinajstić information content (AvgIpc) is 3.43. The first-order chi connectivity index (χ1) is 23.5. The first-order valence-electron chi connectivity index (χ1n) is 17.2. The highest BCUT2D eigenvalue weighted by molar-refractivity contribution is 6.36. The van der Waals surface area contributed by atoms with E-state index in [1.165, 1.54) is 12.1 Å². The minimum absolute atomic E-state index is 0.171. The molecule has 0 radical (unpaired) electrons. The van der Waals surface area contributed by atoms with Crippen LogP contribution in [0.1, 0.15) is 62.5 Å². The van der Waals surface area contributed by atoms with E-state index in [9.17, 15) is 18.0 Å². The lowest BCUT2D eigenvalue weighted by atomic mass is 9.78. The van der Waals surface area contributed by atoms with Crippen molar-refractivity contribution in [3.05, 3.63) is 88.0 Å². The lowest BCUT2D eigenvalue weighted by Gasteiger charge is -2.35. The molecule has 4 aromatic rings. The van der Waals surface area contributed by atoms with Gasteiger partial charge in [0.2, 0.25) is 0 Å². The van der Waals surface area contributed by atoms with E-state index in [1.807, 2.05) is 18.2 Å². The van der Waals surface area contributed by atoms with Crippen LogP contribution in [-0.2, 0) is 24.4 Å². The first kappa shape index (κ1) is 35.7. The van der Waals surface area contributed by atoms with E-state index < -0.39 is 11.9 Å². The number of halogens is 5. The zero-order valence-corrected chi connectivity index (χ0v) is 29.1. The molecule has 3 aromatic carbocycles. The molecule has 2 fully saturated rings. The lowest BCUT2D eigenvalue weighted by Crippen LogP contribution is -2.49. The van der Waals surface area contributed by atoms with Gasteiger partial charge in [-0.3, -0.25) is 14.6 Å². The lowest BCUT2D eigenvalue weighted by molar-refractivity contribution is -0.274. The maximum absolute atomic E-state index is 12.9. The number of benzene rings is 3. The molecule has 1 saturated heterocycles. The Kier molecular flexibility index (Phi) is 11.3. The number of nitrogens with zero attached hydrogens (tertiary/aromatic N) is 3. The zero-order chi connectivity index (χ0) is 34.6. The molecule has 262 valence electrons.